The summed E-state index contributed by atoms with van der Waals surface area (Å²) in [5, 5.41) is 12.3. The Morgan fingerprint density at radius 3 is 2.31 bits per heavy atom. The minimum atomic E-state index is -0.787. The molecule has 0 spiro atoms. The first kappa shape index (κ1) is 24.3. The van der Waals surface area contributed by atoms with Gasteiger partial charge in [0, 0.05) is 19.7 Å². The average Bonchev–Trinajstić information content (AvgIpc) is 2.86. The van der Waals surface area contributed by atoms with Gasteiger partial charge in [-0.3, -0.25) is 14.4 Å². The smallest absolute Gasteiger partial charge is 0.309 e. The van der Waals surface area contributed by atoms with Gasteiger partial charge in [-0.25, -0.2) is 9.37 Å². The Morgan fingerprint density at radius 1 is 1.14 bits per heavy atom. The molecule has 35 heavy (non-hydrogen) atoms. The Hall–Kier alpha value is -3.82. The molecule has 3 fully saturated rings. The molecule has 3 aliphatic carbocycles. The highest BCUT2D eigenvalue weighted by Crippen LogP contribution is 2.57. The third-order valence-corrected chi connectivity index (χ3v) is 7.40. The van der Waals surface area contributed by atoms with Crippen molar-refractivity contribution in [1.82, 2.24) is 14.9 Å². The fourth-order valence-electron chi connectivity index (χ4n) is 4.95. The first-order chi connectivity index (χ1) is 16.7. The molecular weight excluding hydrogens is 453 g/mol. The third-order valence-electron chi connectivity index (χ3n) is 7.40. The van der Waals surface area contributed by atoms with Crippen LogP contribution in [0.15, 0.2) is 41.5 Å². The van der Waals surface area contributed by atoms with E-state index < -0.39 is 22.7 Å². The van der Waals surface area contributed by atoms with Crippen molar-refractivity contribution in [1.29, 1.82) is 0 Å². The van der Waals surface area contributed by atoms with Gasteiger partial charge in [0.25, 0.3) is 11.8 Å². The first-order valence-electron chi connectivity index (χ1n) is 11.5. The second-order valence-corrected chi connectivity index (χ2v) is 9.37. The summed E-state index contributed by atoms with van der Waals surface area (Å²) in [6.07, 6.45) is 5.62. The van der Waals surface area contributed by atoms with Crippen molar-refractivity contribution >= 4 is 23.9 Å². The van der Waals surface area contributed by atoms with E-state index in [4.69, 9.17) is 5.73 Å². The number of halogens is 1. The molecule has 0 saturated heterocycles. The lowest BCUT2D eigenvalue weighted by Crippen LogP contribution is -2.49. The highest BCUT2D eigenvalue weighted by Gasteiger charge is 2.55. The number of carboxylic acid groups (broad SMARTS) is 1. The summed E-state index contributed by atoms with van der Waals surface area (Å²) in [4.78, 5) is 46.6. The number of carbonyl (C=O) groups is 3. The highest BCUT2D eigenvalue weighted by atomic mass is 19.1. The molecule has 3 aliphatic rings. The van der Waals surface area contributed by atoms with Crippen molar-refractivity contribution in [2.75, 3.05) is 0 Å². The highest BCUT2D eigenvalue weighted by molar-refractivity contribution is 5.92. The number of nitrogens with zero attached hydrogens (tertiary/aromatic N) is 3. The van der Waals surface area contributed by atoms with Gasteiger partial charge < -0.3 is 20.7 Å². The molecule has 9 nitrogen and oxygen atoms in total. The standard InChI is InChI=1S/C25H28FN5O4/c1-31-19(6-13-27)29-18(21(32)28-15-16-2-4-17(26)5-3-16)14-20(31)30-22(33)24-7-10-25(11-8-24,12-9-24)23(34)35/h2-6,13-14H,7-12,15,27H2,1H3,(H,28,32)(H,34,35). The monoisotopic (exact) mass is 481 g/mol. The zero-order valence-electron chi connectivity index (χ0n) is 19.5. The van der Waals surface area contributed by atoms with Crippen molar-refractivity contribution in [2.45, 2.75) is 45.1 Å². The summed E-state index contributed by atoms with van der Waals surface area (Å²) in [5.41, 5.74) is 5.16. The van der Waals surface area contributed by atoms with Crippen LogP contribution in [0.25, 0.3) is 6.08 Å². The molecule has 0 atom stereocenters. The van der Waals surface area contributed by atoms with Crippen LogP contribution < -0.4 is 16.5 Å². The molecule has 1 aromatic carbocycles. The molecule has 2 amide bonds. The summed E-state index contributed by atoms with van der Waals surface area (Å²) >= 11 is 0. The van der Waals surface area contributed by atoms with E-state index in [-0.39, 0.29) is 29.5 Å². The number of nitrogens with one attached hydrogen (secondary N) is 1. The Kier molecular flexibility index (Phi) is 6.56. The van der Waals surface area contributed by atoms with Gasteiger partial charge in [-0.05, 0) is 68.5 Å². The number of fused-ring (bicyclic) bond motifs is 3. The van der Waals surface area contributed by atoms with Gasteiger partial charge in [0.1, 0.15) is 22.8 Å². The minimum absolute atomic E-state index is 0.0551. The Bertz CT molecular complexity index is 1240. The summed E-state index contributed by atoms with van der Waals surface area (Å²) in [5.74, 6) is -1.60. The van der Waals surface area contributed by atoms with E-state index in [9.17, 15) is 23.9 Å². The zero-order chi connectivity index (χ0) is 25.2. The van der Waals surface area contributed by atoms with Crippen LogP contribution in [0.4, 0.5) is 4.39 Å². The third kappa shape index (κ3) is 4.73. The van der Waals surface area contributed by atoms with Gasteiger partial charge in [0.05, 0.1) is 10.8 Å². The van der Waals surface area contributed by atoms with E-state index in [1.54, 1.807) is 23.7 Å². The molecule has 0 radical (unpaired) electrons. The van der Waals surface area contributed by atoms with Crippen LogP contribution in [-0.2, 0) is 23.2 Å². The normalized spacial score (nSPS) is 24.0. The van der Waals surface area contributed by atoms with E-state index in [1.807, 2.05) is 0 Å². The van der Waals surface area contributed by atoms with E-state index in [0.717, 1.165) is 5.56 Å². The van der Waals surface area contributed by atoms with Crippen LogP contribution in [0.5, 0.6) is 0 Å². The second kappa shape index (κ2) is 9.44. The number of aliphatic carboxylic acids is 1. The van der Waals surface area contributed by atoms with Gasteiger partial charge in [-0.15, -0.1) is 0 Å². The minimum Gasteiger partial charge on any atom is -0.481 e. The zero-order valence-corrected chi connectivity index (χ0v) is 19.5. The van der Waals surface area contributed by atoms with Crippen LogP contribution in [-0.4, -0.2) is 32.4 Å². The number of nitrogens with two attached hydrogens (primary N) is 1. The molecule has 10 heteroatoms. The van der Waals surface area contributed by atoms with Gasteiger partial charge in [-0.2, -0.15) is 4.99 Å². The number of aromatic nitrogens is 2. The number of carboxylic acids is 1. The number of rotatable bonds is 6. The summed E-state index contributed by atoms with van der Waals surface area (Å²) < 4.78 is 14.7. The molecule has 0 unspecified atom stereocenters. The van der Waals surface area contributed by atoms with Crippen molar-refractivity contribution in [3.8, 4) is 0 Å². The molecule has 2 aromatic rings. The lowest BCUT2D eigenvalue weighted by molar-refractivity contribution is -0.162. The summed E-state index contributed by atoms with van der Waals surface area (Å²) in [6.45, 7) is 0.170. The van der Waals surface area contributed by atoms with Gasteiger partial charge in [0.15, 0.2) is 0 Å². The fourth-order valence-corrected chi connectivity index (χ4v) is 4.95. The van der Waals surface area contributed by atoms with Gasteiger partial charge in [0.2, 0.25) is 0 Å². The average molecular weight is 482 g/mol. The van der Waals surface area contributed by atoms with Crippen LogP contribution in [0.3, 0.4) is 0 Å². The SMILES string of the molecule is Cn1c(C=CN)nc(C(=O)NCc2ccc(F)cc2)cc1=NC(=O)C12CCC(C(=O)O)(CC1)CC2. The van der Waals surface area contributed by atoms with E-state index in [2.05, 4.69) is 15.3 Å². The molecule has 5 rings (SSSR count). The maximum Gasteiger partial charge on any atom is 0.309 e. The van der Waals surface area contributed by atoms with Crippen molar-refractivity contribution < 1.29 is 23.9 Å². The van der Waals surface area contributed by atoms with Crippen molar-refractivity contribution in [3.05, 3.63) is 64.9 Å². The van der Waals surface area contributed by atoms with E-state index in [0.29, 0.717) is 44.3 Å². The summed E-state index contributed by atoms with van der Waals surface area (Å²) in [6, 6.07) is 7.21. The number of hydrogen-bond donors (Lipinski definition) is 3. The molecule has 2 bridgehead atoms. The maximum atomic E-state index is 13.3. The molecule has 1 heterocycles. The van der Waals surface area contributed by atoms with Crippen molar-refractivity contribution in [2.24, 2.45) is 28.6 Å². The Morgan fingerprint density at radius 2 is 1.74 bits per heavy atom. The molecule has 0 aliphatic heterocycles. The van der Waals surface area contributed by atoms with Crippen LogP contribution >= 0.6 is 0 Å². The predicted octanol–water partition coefficient (Wildman–Crippen LogP) is 2.27. The second-order valence-electron chi connectivity index (χ2n) is 9.37. The quantitative estimate of drug-likeness (QED) is 0.578. The van der Waals surface area contributed by atoms with Gasteiger partial charge in [-0.1, -0.05) is 12.1 Å². The maximum absolute atomic E-state index is 13.3. The molecular formula is C25H28FN5O4. The van der Waals surface area contributed by atoms with Crippen LogP contribution in [0, 0.1) is 16.6 Å². The molecule has 4 N–H and O–H groups in total. The molecule has 184 valence electrons. The lowest BCUT2D eigenvalue weighted by atomic mass is 9.53. The topological polar surface area (TPSA) is 140 Å². The predicted molar refractivity (Wildman–Crippen MR) is 125 cm³/mol. The molecule has 3 saturated carbocycles. The summed E-state index contributed by atoms with van der Waals surface area (Å²) in [7, 11) is 1.67. The number of hydrogen-bond acceptors (Lipinski definition) is 5. The van der Waals surface area contributed by atoms with Crippen LogP contribution in [0.1, 0.15) is 60.4 Å². The van der Waals surface area contributed by atoms with E-state index in [1.165, 1.54) is 30.5 Å². The number of amides is 2. The number of benzene rings is 1. The first-order valence-corrected chi connectivity index (χ1v) is 11.5. The lowest BCUT2D eigenvalue weighted by Gasteiger charge is -2.49. The Labute approximate surface area is 201 Å². The van der Waals surface area contributed by atoms with Crippen LogP contribution in [0.2, 0.25) is 0 Å². The van der Waals surface area contributed by atoms with Gasteiger partial charge >= 0.3 is 5.97 Å². The van der Waals surface area contributed by atoms with E-state index >= 15 is 0 Å². The number of carbonyl (C=O) groups excluding carboxylic acids is 2. The largest absolute Gasteiger partial charge is 0.481 e. The Balaban J connectivity index is 1.61. The molecule has 1 aromatic heterocycles. The van der Waals surface area contributed by atoms with Crippen molar-refractivity contribution in [3.63, 3.8) is 0 Å². The fraction of sp³-hybridized carbons (Fsp3) is 0.400.